The molecule has 3 rings (SSSR count). The first-order valence-corrected chi connectivity index (χ1v) is 14.4. The highest BCUT2D eigenvalue weighted by molar-refractivity contribution is 9.09. The van der Waals surface area contributed by atoms with Crippen LogP contribution in [0.2, 0.25) is 0 Å². The summed E-state index contributed by atoms with van der Waals surface area (Å²) in [5, 5.41) is 0.879. The molecule has 0 saturated heterocycles. The fraction of sp³-hybridized carbons (Fsp3) is 0.406. The molecule has 1 atom stereocenters. The van der Waals surface area contributed by atoms with Crippen LogP contribution in [-0.2, 0) is 20.8 Å². The molecule has 212 valence electrons. The second-order valence-electron chi connectivity index (χ2n) is 9.02. The monoisotopic (exact) mass is 599 g/mol. The van der Waals surface area contributed by atoms with E-state index in [9.17, 15) is 4.79 Å². The van der Waals surface area contributed by atoms with Gasteiger partial charge in [0.2, 0.25) is 0 Å². The zero-order valence-electron chi connectivity index (χ0n) is 24.3. The van der Waals surface area contributed by atoms with Crippen LogP contribution in [0.4, 0.5) is 0 Å². The van der Waals surface area contributed by atoms with Crippen molar-refractivity contribution in [2.45, 2.75) is 60.2 Å². The predicted octanol–water partition coefficient (Wildman–Crippen LogP) is 8.37. The highest BCUT2D eigenvalue weighted by Gasteiger charge is 2.22. The number of allylic oxidation sites excluding steroid dienone is 4. The largest absolute Gasteiger partial charge is 0.501 e. The third-order valence-electron chi connectivity index (χ3n) is 6.27. The lowest BCUT2D eigenvalue weighted by molar-refractivity contribution is 0.0328. The fourth-order valence-corrected chi connectivity index (χ4v) is 4.54. The van der Waals surface area contributed by atoms with E-state index in [0.29, 0.717) is 18.8 Å². The number of ether oxygens (including phenoxy) is 4. The number of pyridine rings is 1. The molecule has 39 heavy (non-hydrogen) atoms. The predicted molar refractivity (Wildman–Crippen MR) is 162 cm³/mol. The van der Waals surface area contributed by atoms with Crippen LogP contribution in [0.3, 0.4) is 0 Å². The van der Waals surface area contributed by atoms with Crippen LogP contribution in [-0.4, -0.2) is 36.5 Å². The smallest absolute Gasteiger partial charge is 0.338 e. The van der Waals surface area contributed by atoms with E-state index in [2.05, 4.69) is 33.3 Å². The molecule has 0 N–H and O–H groups in total. The molecule has 0 aliphatic carbocycles. The number of methoxy groups -OCH3 is 2. The third-order valence-corrected chi connectivity index (χ3v) is 6.92. The highest BCUT2D eigenvalue weighted by Crippen LogP contribution is 2.30. The first-order chi connectivity index (χ1) is 18.8. The van der Waals surface area contributed by atoms with Gasteiger partial charge in [0.1, 0.15) is 5.75 Å². The van der Waals surface area contributed by atoms with Crippen molar-refractivity contribution in [3.05, 3.63) is 94.5 Å². The van der Waals surface area contributed by atoms with Crippen LogP contribution in [0, 0.1) is 6.92 Å². The number of hydrogen-bond acceptors (Lipinski definition) is 5. The Kier molecular flexibility index (Phi) is 13.9. The first kappa shape index (κ1) is 32.2. The summed E-state index contributed by atoms with van der Waals surface area (Å²) in [4.78, 5) is 12.6. The Morgan fingerprint density at radius 1 is 1.13 bits per heavy atom. The molecule has 1 aromatic carbocycles. The molecule has 2 heterocycles. The number of rotatable bonds is 12. The Bertz CT molecular complexity index is 1260. The van der Waals surface area contributed by atoms with Crippen LogP contribution in [0.5, 0.6) is 5.75 Å². The standard InChI is InChI=1S/C24H29NO4.C8H13BrO/c1-5-13-28-24(26)21-15-19-10-8-12-25(19)23(17(21)3)22(6-2)29-16-18-9-7-11-20(14-18)27-4;1-4-8(6-9)5-7(2)10-3/h7-12,14-15,22H,5-6,13,16H2,1-4H3;4-5H,6H2,1-3H3/b;7-5+,8-4+. The summed E-state index contributed by atoms with van der Waals surface area (Å²) in [5.41, 5.74) is 5.72. The minimum Gasteiger partial charge on any atom is -0.501 e. The molecule has 0 saturated carbocycles. The minimum absolute atomic E-state index is 0.157. The number of nitrogens with zero attached hydrogens (tertiary/aromatic N) is 1. The lowest BCUT2D eigenvalue weighted by Crippen LogP contribution is -2.15. The van der Waals surface area contributed by atoms with Gasteiger partial charge in [0.05, 0.1) is 50.6 Å². The number of benzene rings is 1. The van der Waals surface area contributed by atoms with Gasteiger partial charge in [0.25, 0.3) is 0 Å². The molecule has 1 unspecified atom stereocenters. The normalized spacial score (nSPS) is 12.5. The van der Waals surface area contributed by atoms with Gasteiger partial charge in [-0.3, -0.25) is 0 Å². The third kappa shape index (κ3) is 9.29. The van der Waals surface area contributed by atoms with Gasteiger partial charge in [-0.1, -0.05) is 48.0 Å². The van der Waals surface area contributed by atoms with E-state index in [0.717, 1.165) is 52.0 Å². The van der Waals surface area contributed by atoms with E-state index < -0.39 is 0 Å². The molecule has 7 heteroatoms. The molecule has 0 amide bonds. The molecule has 0 bridgehead atoms. The SMILES string of the molecule is C/C=C(\C=C(/C)OC)CBr.CCCOC(=O)c1cc2cccn2c(C(CC)OCc2cccc(OC)c2)c1C. The lowest BCUT2D eigenvalue weighted by Gasteiger charge is -2.22. The van der Waals surface area contributed by atoms with Crippen LogP contribution < -0.4 is 4.74 Å². The van der Waals surface area contributed by atoms with Crippen molar-refractivity contribution in [1.82, 2.24) is 4.40 Å². The Labute approximate surface area is 241 Å². The van der Waals surface area contributed by atoms with Gasteiger partial charge in [-0.05, 0) is 86.7 Å². The van der Waals surface area contributed by atoms with E-state index in [1.807, 2.05) is 82.4 Å². The zero-order chi connectivity index (χ0) is 28.8. The zero-order valence-corrected chi connectivity index (χ0v) is 25.8. The number of hydrogen-bond donors (Lipinski definition) is 0. The maximum absolute atomic E-state index is 12.6. The summed E-state index contributed by atoms with van der Waals surface area (Å²) in [6.45, 7) is 10.9. The summed E-state index contributed by atoms with van der Waals surface area (Å²) in [7, 11) is 3.33. The van der Waals surface area contributed by atoms with Crippen LogP contribution in [0.25, 0.3) is 5.52 Å². The van der Waals surface area contributed by atoms with Crippen molar-refractivity contribution in [3.8, 4) is 5.75 Å². The lowest BCUT2D eigenvalue weighted by atomic mass is 10.0. The summed E-state index contributed by atoms with van der Waals surface area (Å²) in [5.74, 6) is 1.47. The molecule has 6 nitrogen and oxygen atoms in total. The molecule has 0 aliphatic heterocycles. The summed E-state index contributed by atoms with van der Waals surface area (Å²) in [6.07, 6.45) is 7.50. The average Bonchev–Trinajstić information content (AvgIpc) is 3.44. The Morgan fingerprint density at radius 3 is 2.51 bits per heavy atom. The van der Waals surface area contributed by atoms with Gasteiger partial charge in [0, 0.05) is 17.0 Å². The number of aromatic nitrogens is 1. The Balaban J connectivity index is 0.000000455. The Hall–Kier alpha value is -3.03. The van der Waals surface area contributed by atoms with E-state index in [1.165, 1.54) is 5.57 Å². The Morgan fingerprint density at radius 2 is 1.90 bits per heavy atom. The first-order valence-electron chi connectivity index (χ1n) is 13.3. The van der Waals surface area contributed by atoms with Crippen molar-refractivity contribution < 1.29 is 23.7 Å². The summed E-state index contributed by atoms with van der Waals surface area (Å²) in [6, 6.07) is 13.7. The van der Waals surface area contributed by atoms with Crippen molar-refractivity contribution >= 4 is 27.4 Å². The minimum atomic E-state index is -0.281. The van der Waals surface area contributed by atoms with Crippen molar-refractivity contribution in [3.63, 3.8) is 0 Å². The van der Waals surface area contributed by atoms with Crippen LogP contribution in [0.15, 0.2) is 72.1 Å². The molecular weight excluding hydrogens is 558 g/mol. The topological polar surface area (TPSA) is 58.4 Å². The summed E-state index contributed by atoms with van der Waals surface area (Å²) >= 11 is 3.37. The fourth-order valence-electron chi connectivity index (χ4n) is 4.06. The van der Waals surface area contributed by atoms with Gasteiger partial charge in [0.15, 0.2) is 0 Å². The maximum atomic E-state index is 12.6. The van der Waals surface area contributed by atoms with Crippen molar-refractivity contribution in [2.24, 2.45) is 0 Å². The highest BCUT2D eigenvalue weighted by atomic mass is 79.9. The molecule has 2 aromatic heterocycles. The van der Waals surface area contributed by atoms with Gasteiger partial charge >= 0.3 is 5.97 Å². The molecule has 3 aromatic rings. The second-order valence-corrected chi connectivity index (χ2v) is 9.58. The number of halogens is 1. The molecule has 0 fully saturated rings. The van der Waals surface area contributed by atoms with Gasteiger partial charge < -0.3 is 23.3 Å². The van der Waals surface area contributed by atoms with E-state index in [4.69, 9.17) is 18.9 Å². The average molecular weight is 601 g/mol. The summed E-state index contributed by atoms with van der Waals surface area (Å²) < 4.78 is 24.1. The van der Waals surface area contributed by atoms with E-state index in [-0.39, 0.29) is 12.1 Å². The quantitative estimate of drug-likeness (QED) is 0.0905. The molecule has 0 aliphatic rings. The van der Waals surface area contributed by atoms with Crippen LogP contribution in [0.1, 0.15) is 73.8 Å². The number of carbonyl (C=O) groups excluding carboxylic acids is 1. The van der Waals surface area contributed by atoms with Gasteiger partial charge in [-0.15, -0.1) is 0 Å². The number of esters is 1. The van der Waals surface area contributed by atoms with Crippen molar-refractivity contribution in [2.75, 3.05) is 26.2 Å². The van der Waals surface area contributed by atoms with Gasteiger partial charge in [-0.2, -0.15) is 0 Å². The molecule has 0 radical (unpaired) electrons. The van der Waals surface area contributed by atoms with E-state index in [1.54, 1.807) is 14.2 Å². The molecular formula is C32H42BrNO5. The van der Waals surface area contributed by atoms with Gasteiger partial charge in [-0.25, -0.2) is 4.79 Å². The number of fused-ring (bicyclic) bond motifs is 1. The number of carbonyl (C=O) groups is 1. The van der Waals surface area contributed by atoms with E-state index >= 15 is 0 Å². The van der Waals surface area contributed by atoms with Crippen molar-refractivity contribution in [1.29, 1.82) is 0 Å². The maximum Gasteiger partial charge on any atom is 0.338 e. The van der Waals surface area contributed by atoms with Crippen LogP contribution >= 0.6 is 15.9 Å². The second kappa shape index (κ2) is 16.8. The number of alkyl halides is 1. The molecule has 0 spiro atoms.